The molecule has 0 saturated heterocycles. The zero-order valence-corrected chi connectivity index (χ0v) is 29.3. The molecular formula is C47H31B3N2O2. The summed E-state index contributed by atoms with van der Waals surface area (Å²) < 4.78 is 1.68. The average Bonchev–Trinajstić information content (AvgIpc) is 3.61. The molecule has 9 rings (SSSR count). The summed E-state index contributed by atoms with van der Waals surface area (Å²) in [5.74, 6) is -0.0889. The molecule has 0 saturated carbocycles. The van der Waals surface area contributed by atoms with Gasteiger partial charge in [-0.1, -0.05) is 146 Å². The van der Waals surface area contributed by atoms with Gasteiger partial charge < -0.3 is 10.2 Å². The molecule has 250 valence electrons. The Bertz CT molecular complexity index is 2800. The van der Waals surface area contributed by atoms with Crippen LogP contribution in [0, 0.1) is 0 Å². The zero-order valence-electron chi connectivity index (χ0n) is 29.3. The topological polar surface area (TPSA) is 58.3 Å². The monoisotopic (exact) mass is 688 g/mol. The molecule has 54 heavy (non-hydrogen) atoms. The van der Waals surface area contributed by atoms with Gasteiger partial charge in [0.2, 0.25) is 0 Å². The molecule has 0 spiro atoms. The Morgan fingerprint density at radius 1 is 0.444 bits per heavy atom. The van der Waals surface area contributed by atoms with Crippen molar-refractivity contribution in [2.24, 2.45) is 0 Å². The first-order chi connectivity index (χ1) is 26.2. The van der Waals surface area contributed by atoms with Gasteiger partial charge in [-0.15, -0.1) is 0 Å². The largest absolute Gasteiger partial charge is 0.407 e. The summed E-state index contributed by atoms with van der Waals surface area (Å²) in [5.41, 5.74) is 8.22. The van der Waals surface area contributed by atoms with Crippen molar-refractivity contribution in [2.45, 2.75) is 10.9 Å². The van der Waals surface area contributed by atoms with Crippen molar-refractivity contribution in [3.8, 4) is 50.2 Å². The minimum absolute atomic E-state index is 0.0889. The first-order valence-corrected chi connectivity index (χ1v) is 17.8. The van der Waals surface area contributed by atoms with Gasteiger partial charge in [-0.3, -0.25) is 4.57 Å². The van der Waals surface area contributed by atoms with E-state index in [4.69, 9.17) is 23.5 Å². The van der Waals surface area contributed by atoms with Crippen LogP contribution in [0.3, 0.4) is 0 Å². The second-order valence-corrected chi connectivity index (χ2v) is 13.7. The highest BCUT2D eigenvalue weighted by Crippen LogP contribution is 2.46. The van der Waals surface area contributed by atoms with Crippen LogP contribution in [0.4, 0.5) is 0 Å². The van der Waals surface area contributed by atoms with Gasteiger partial charge in [0, 0.05) is 11.1 Å². The molecule has 9 aromatic rings. The molecule has 0 bridgehead atoms. The van der Waals surface area contributed by atoms with Crippen molar-refractivity contribution in [3.05, 3.63) is 182 Å². The predicted octanol–water partition coefficient (Wildman–Crippen LogP) is 9.30. The molecule has 1 atom stereocenters. The van der Waals surface area contributed by atoms with Crippen molar-refractivity contribution in [3.63, 3.8) is 0 Å². The van der Waals surface area contributed by atoms with E-state index in [-0.39, 0.29) is 5.82 Å². The number of fused-ring (bicyclic) bond motifs is 3. The smallest absolute Gasteiger partial charge is 0.138 e. The Morgan fingerprint density at radius 3 is 1.61 bits per heavy atom. The fourth-order valence-corrected chi connectivity index (χ4v) is 7.70. The molecule has 7 heteroatoms. The van der Waals surface area contributed by atoms with Gasteiger partial charge in [-0.05, 0) is 96.4 Å². The Labute approximate surface area is 317 Å². The number of hydrogen-bond acceptors (Lipinski definition) is 3. The Hall–Kier alpha value is -6.14. The van der Waals surface area contributed by atoms with E-state index in [1.165, 1.54) is 33.0 Å². The number of aliphatic hydroxyl groups is 2. The van der Waals surface area contributed by atoms with Crippen molar-refractivity contribution in [1.29, 1.82) is 0 Å². The van der Waals surface area contributed by atoms with Crippen molar-refractivity contribution < 1.29 is 10.2 Å². The van der Waals surface area contributed by atoms with Crippen molar-refractivity contribution in [2.75, 3.05) is 0 Å². The third kappa shape index (κ3) is 5.56. The van der Waals surface area contributed by atoms with Gasteiger partial charge in [-0.2, -0.15) is 0 Å². The van der Waals surface area contributed by atoms with E-state index in [0.29, 0.717) is 16.7 Å². The number of hydrogen-bond donors (Lipinski definition) is 2. The number of benzene rings is 8. The second-order valence-electron chi connectivity index (χ2n) is 13.7. The Balaban J connectivity index is 1.23. The maximum Gasteiger partial charge on any atom is 0.138 e. The molecular weight excluding hydrogens is 657 g/mol. The molecule has 1 unspecified atom stereocenters. The average molecular weight is 688 g/mol. The van der Waals surface area contributed by atoms with E-state index in [9.17, 15) is 10.2 Å². The third-order valence-corrected chi connectivity index (χ3v) is 10.3. The number of para-hydroxylation sites is 2. The molecule has 1 heterocycles. The molecule has 0 aliphatic carbocycles. The first kappa shape index (κ1) is 33.7. The Morgan fingerprint density at radius 2 is 0.944 bits per heavy atom. The molecule has 4 nitrogen and oxygen atoms in total. The van der Waals surface area contributed by atoms with Crippen LogP contribution in [-0.2, 0) is 5.50 Å². The normalized spacial score (nSPS) is 13.0. The lowest BCUT2D eigenvalue weighted by molar-refractivity contribution is -0.00426. The van der Waals surface area contributed by atoms with E-state index < -0.39 is 10.9 Å². The Kier molecular flexibility index (Phi) is 8.15. The highest BCUT2D eigenvalue weighted by Gasteiger charge is 2.41. The summed E-state index contributed by atoms with van der Waals surface area (Å²) >= 11 is 0. The summed E-state index contributed by atoms with van der Waals surface area (Å²) in [6, 6.07) is 60.3. The molecule has 1 aromatic heterocycles. The summed E-state index contributed by atoms with van der Waals surface area (Å²) in [6.45, 7) is 0. The van der Waals surface area contributed by atoms with Crippen LogP contribution in [0.5, 0.6) is 0 Å². The molecule has 0 amide bonds. The summed E-state index contributed by atoms with van der Waals surface area (Å²) in [5, 5.41) is 23.7. The molecule has 0 fully saturated rings. The summed E-state index contributed by atoms with van der Waals surface area (Å²) in [7, 11) is 17.7. The van der Waals surface area contributed by atoms with Crippen LogP contribution in [0.2, 0.25) is 0 Å². The van der Waals surface area contributed by atoms with Crippen LogP contribution in [0.1, 0.15) is 5.82 Å². The van der Waals surface area contributed by atoms with Crippen molar-refractivity contribution in [1.82, 2.24) is 9.55 Å². The van der Waals surface area contributed by atoms with Crippen LogP contribution in [0.25, 0.3) is 82.8 Å². The van der Waals surface area contributed by atoms with E-state index >= 15 is 0 Å². The lowest BCUT2D eigenvalue weighted by Crippen LogP contribution is -2.54. The molecule has 6 radical (unpaired) electrons. The summed E-state index contributed by atoms with van der Waals surface area (Å²) in [4.78, 5) is 4.56. The summed E-state index contributed by atoms with van der Waals surface area (Å²) in [6.07, 6.45) is 0. The van der Waals surface area contributed by atoms with E-state index in [0.717, 1.165) is 33.0 Å². The van der Waals surface area contributed by atoms with Crippen LogP contribution in [0.15, 0.2) is 176 Å². The SMILES string of the molecule is [B]C([B])(O)C([B])(O)c1nc2ccccc2n1-c1cccc(-c2cccc(-c3c4ccccc4c(-c4ccccc4-c4ccccc4)c4ccccc34)c2)c1. The quantitative estimate of drug-likeness (QED) is 0.130. The maximum atomic E-state index is 11.2. The van der Waals surface area contributed by atoms with E-state index in [1.807, 2.05) is 42.5 Å². The maximum absolute atomic E-state index is 11.2. The van der Waals surface area contributed by atoms with Gasteiger partial charge in [-0.25, -0.2) is 4.98 Å². The highest BCUT2D eigenvalue weighted by molar-refractivity contribution is 6.43. The van der Waals surface area contributed by atoms with Crippen LogP contribution < -0.4 is 0 Å². The van der Waals surface area contributed by atoms with Gasteiger partial charge in [0.15, 0.2) is 0 Å². The van der Waals surface area contributed by atoms with Gasteiger partial charge in [0.05, 0.1) is 16.5 Å². The molecule has 2 N–H and O–H groups in total. The number of rotatable bonds is 7. The van der Waals surface area contributed by atoms with E-state index in [2.05, 4.69) is 132 Å². The van der Waals surface area contributed by atoms with Gasteiger partial charge in [0.25, 0.3) is 0 Å². The van der Waals surface area contributed by atoms with Crippen LogP contribution >= 0.6 is 0 Å². The number of aromatic nitrogens is 2. The number of imidazole rings is 1. The fourth-order valence-electron chi connectivity index (χ4n) is 7.70. The molecule has 8 aromatic carbocycles. The number of nitrogens with zero attached hydrogens (tertiary/aromatic N) is 2. The minimum atomic E-state index is -2.66. The zero-order chi connectivity index (χ0) is 37.0. The standard InChI is InChI=1S/C47H31B3N2O2/c48-46(53,47(49,50)54)45-51-41-26-10-11-27-42(41)52(45)34-19-13-17-32(29-34)31-16-12-18-33(28-31)43-37-22-6-8-24-39(37)44(40-25-9-7-23-38(40)43)36-21-5-4-20-35(36)30-14-2-1-3-15-30/h1-29,53-54H. The lowest BCUT2D eigenvalue weighted by Gasteiger charge is -2.37. The minimum Gasteiger partial charge on any atom is -0.407 e. The van der Waals surface area contributed by atoms with E-state index in [1.54, 1.807) is 10.6 Å². The molecule has 0 aliphatic rings. The third-order valence-electron chi connectivity index (χ3n) is 10.3. The highest BCUT2D eigenvalue weighted by atomic mass is 16.3. The van der Waals surface area contributed by atoms with Crippen molar-refractivity contribution >= 4 is 56.1 Å². The fraction of sp³-hybridized carbons (Fsp3) is 0.0426. The first-order valence-electron chi connectivity index (χ1n) is 17.8. The second kappa shape index (κ2) is 13.1. The molecule has 0 aliphatic heterocycles. The van der Waals surface area contributed by atoms with Gasteiger partial charge in [0.1, 0.15) is 29.4 Å². The van der Waals surface area contributed by atoms with Gasteiger partial charge >= 0.3 is 0 Å². The lowest BCUT2D eigenvalue weighted by atomic mass is 9.49. The van der Waals surface area contributed by atoms with Crippen LogP contribution in [-0.4, -0.2) is 48.7 Å². The predicted molar refractivity (Wildman–Crippen MR) is 224 cm³/mol.